The molecule has 0 fully saturated rings. The van der Waals surface area contributed by atoms with Gasteiger partial charge in [0.05, 0.1) is 6.07 Å². The molecule has 0 saturated heterocycles. The number of hydrogen-bond donors (Lipinski definition) is 0. The number of nitriles is 1. The fraction of sp³-hybridized carbons (Fsp3) is 0.867. The molecule has 0 aromatic carbocycles. The highest BCUT2D eigenvalue weighted by molar-refractivity contribution is 5.82. The number of carbonyl (C=O) groups is 1. The molecule has 0 amide bonds. The normalized spacial score (nSPS) is 12.1. The van der Waals surface area contributed by atoms with Gasteiger partial charge in [-0.3, -0.25) is 4.79 Å². The number of nitrogens with zero attached hydrogens (tertiary/aromatic N) is 1. The van der Waals surface area contributed by atoms with E-state index < -0.39 is 5.92 Å². The summed E-state index contributed by atoms with van der Waals surface area (Å²) in [5, 5.41) is 8.58. The summed E-state index contributed by atoms with van der Waals surface area (Å²) in [5.74, 6) is -0.306. The predicted octanol–water partition coefficient (Wildman–Crippen LogP) is 4.64. The molecule has 0 aromatic heterocycles. The highest BCUT2D eigenvalue weighted by Crippen LogP contribution is 2.11. The Labute approximate surface area is 106 Å². The summed E-state index contributed by atoms with van der Waals surface area (Å²) in [6, 6.07) is 2.00. The number of Topliss-reactive ketones (excluding diaryl/α,β-unsaturated/α-hetero) is 1. The van der Waals surface area contributed by atoms with Gasteiger partial charge in [-0.15, -0.1) is 0 Å². The van der Waals surface area contributed by atoms with Crippen molar-refractivity contribution < 1.29 is 4.79 Å². The van der Waals surface area contributed by atoms with E-state index in [2.05, 4.69) is 6.92 Å². The van der Waals surface area contributed by atoms with Crippen molar-refractivity contribution in [1.29, 1.82) is 5.26 Å². The molecule has 98 valence electrons. The van der Waals surface area contributed by atoms with Crippen LogP contribution in [-0.4, -0.2) is 5.78 Å². The number of carbonyl (C=O) groups excluding carboxylic acids is 1. The van der Waals surface area contributed by atoms with Crippen molar-refractivity contribution in [3.63, 3.8) is 0 Å². The molecule has 2 heteroatoms. The van der Waals surface area contributed by atoms with Crippen LogP contribution in [0, 0.1) is 17.2 Å². The SMILES string of the molecule is CCCCCCCCCCCC(=O)C(C)C#N. The highest BCUT2D eigenvalue weighted by Gasteiger charge is 2.10. The topological polar surface area (TPSA) is 40.9 Å². The van der Waals surface area contributed by atoms with E-state index in [0.717, 1.165) is 12.8 Å². The Balaban J connectivity index is 3.19. The first-order chi connectivity index (χ1) is 8.22. The Morgan fingerprint density at radius 1 is 1.00 bits per heavy atom. The lowest BCUT2D eigenvalue weighted by atomic mass is 10.0. The third kappa shape index (κ3) is 10.1. The standard InChI is InChI=1S/C15H27NO/c1-3-4-5-6-7-8-9-10-11-12-15(17)14(2)13-16/h14H,3-12H2,1-2H3. The van der Waals surface area contributed by atoms with Gasteiger partial charge >= 0.3 is 0 Å². The third-order valence-electron chi connectivity index (χ3n) is 3.20. The van der Waals surface area contributed by atoms with Gasteiger partial charge in [0.1, 0.15) is 11.7 Å². The molecule has 17 heavy (non-hydrogen) atoms. The minimum Gasteiger partial charge on any atom is -0.298 e. The first-order valence-electron chi connectivity index (χ1n) is 7.14. The smallest absolute Gasteiger partial charge is 0.149 e. The Bertz CT molecular complexity index is 230. The van der Waals surface area contributed by atoms with E-state index in [-0.39, 0.29) is 5.78 Å². The van der Waals surface area contributed by atoms with E-state index in [1.807, 2.05) is 6.07 Å². The maximum absolute atomic E-state index is 11.4. The minimum absolute atomic E-state index is 0.107. The van der Waals surface area contributed by atoms with Crippen LogP contribution in [0.15, 0.2) is 0 Å². The van der Waals surface area contributed by atoms with Gasteiger partial charge in [-0.1, -0.05) is 58.3 Å². The quantitative estimate of drug-likeness (QED) is 0.491. The average molecular weight is 237 g/mol. The molecule has 0 heterocycles. The second-order valence-corrected chi connectivity index (χ2v) is 4.90. The summed E-state index contributed by atoms with van der Waals surface area (Å²) in [6.07, 6.45) is 11.9. The van der Waals surface area contributed by atoms with Gasteiger partial charge in [0.15, 0.2) is 0 Å². The van der Waals surface area contributed by atoms with Crippen LogP contribution in [0.25, 0.3) is 0 Å². The number of rotatable bonds is 11. The zero-order valence-corrected chi connectivity index (χ0v) is 11.5. The number of unbranched alkanes of at least 4 members (excludes halogenated alkanes) is 8. The Kier molecular flexibility index (Phi) is 11.1. The summed E-state index contributed by atoms with van der Waals surface area (Å²) in [4.78, 5) is 11.4. The fourth-order valence-corrected chi connectivity index (χ4v) is 1.90. The van der Waals surface area contributed by atoms with E-state index in [1.165, 1.54) is 44.9 Å². The van der Waals surface area contributed by atoms with Crippen LogP contribution < -0.4 is 0 Å². The largest absolute Gasteiger partial charge is 0.298 e. The van der Waals surface area contributed by atoms with Crippen LogP contribution in [-0.2, 0) is 4.79 Å². The van der Waals surface area contributed by atoms with Crippen LogP contribution >= 0.6 is 0 Å². The summed E-state index contributed by atoms with van der Waals surface area (Å²) >= 11 is 0. The van der Waals surface area contributed by atoms with Gasteiger partial charge in [-0.05, 0) is 13.3 Å². The Morgan fingerprint density at radius 2 is 1.47 bits per heavy atom. The van der Waals surface area contributed by atoms with Crippen LogP contribution in [0.3, 0.4) is 0 Å². The lowest BCUT2D eigenvalue weighted by Gasteiger charge is -2.03. The van der Waals surface area contributed by atoms with Crippen LogP contribution in [0.2, 0.25) is 0 Å². The molecule has 0 aliphatic carbocycles. The number of ketones is 1. The zero-order valence-electron chi connectivity index (χ0n) is 11.5. The van der Waals surface area contributed by atoms with Crippen LogP contribution in [0.5, 0.6) is 0 Å². The lowest BCUT2D eigenvalue weighted by molar-refractivity contribution is -0.121. The lowest BCUT2D eigenvalue weighted by Crippen LogP contribution is -2.07. The van der Waals surface area contributed by atoms with E-state index in [1.54, 1.807) is 6.92 Å². The van der Waals surface area contributed by atoms with E-state index in [0.29, 0.717) is 6.42 Å². The van der Waals surface area contributed by atoms with E-state index >= 15 is 0 Å². The van der Waals surface area contributed by atoms with E-state index in [9.17, 15) is 4.79 Å². The maximum Gasteiger partial charge on any atom is 0.149 e. The van der Waals surface area contributed by atoms with Crippen molar-refractivity contribution in [2.24, 2.45) is 5.92 Å². The molecule has 0 bridgehead atoms. The van der Waals surface area contributed by atoms with Gasteiger partial charge in [0, 0.05) is 6.42 Å². The summed E-state index contributed by atoms with van der Waals surface area (Å²) in [6.45, 7) is 3.93. The molecule has 0 N–H and O–H groups in total. The van der Waals surface area contributed by atoms with Gasteiger partial charge in [-0.25, -0.2) is 0 Å². The van der Waals surface area contributed by atoms with Crippen LogP contribution in [0.1, 0.15) is 78.1 Å². The fourth-order valence-electron chi connectivity index (χ4n) is 1.90. The molecule has 0 aromatic rings. The second-order valence-electron chi connectivity index (χ2n) is 4.90. The van der Waals surface area contributed by atoms with Gasteiger partial charge in [0.25, 0.3) is 0 Å². The zero-order chi connectivity index (χ0) is 12.9. The van der Waals surface area contributed by atoms with Crippen molar-refractivity contribution in [2.45, 2.75) is 78.1 Å². The number of hydrogen-bond acceptors (Lipinski definition) is 2. The maximum atomic E-state index is 11.4. The van der Waals surface area contributed by atoms with Gasteiger partial charge in [0.2, 0.25) is 0 Å². The molecule has 0 spiro atoms. The first kappa shape index (κ1) is 16.2. The molecule has 0 radical (unpaired) electrons. The Hall–Kier alpha value is -0.840. The highest BCUT2D eigenvalue weighted by atomic mass is 16.1. The molecule has 1 unspecified atom stereocenters. The summed E-state index contributed by atoms with van der Waals surface area (Å²) in [7, 11) is 0. The summed E-state index contributed by atoms with van der Waals surface area (Å²) < 4.78 is 0. The minimum atomic E-state index is -0.413. The predicted molar refractivity (Wildman–Crippen MR) is 71.6 cm³/mol. The molecule has 0 rings (SSSR count). The van der Waals surface area contributed by atoms with Crippen LogP contribution in [0.4, 0.5) is 0 Å². The Morgan fingerprint density at radius 3 is 1.94 bits per heavy atom. The molecule has 1 atom stereocenters. The molecular formula is C15H27NO. The third-order valence-corrected chi connectivity index (χ3v) is 3.20. The van der Waals surface area contributed by atoms with Crippen molar-refractivity contribution >= 4 is 5.78 Å². The molecule has 0 saturated carbocycles. The molecular weight excluding hydrogens is 210 g/mol. The van der Waals surface area contributed by atoms with Crippen molar-refractivity contribution in [2.75, 3.05) is 0 Å². The first-order valence-corrected chi connectivity index (χ1v) is 7.14. The van der Waals surface area contributed by atoms with Crippen molar-refractivity contribution in [3.8, 4) is 6.07 Å². The van der Waals surface area contributed by atoms with Gasteiger partial charge < -0.3 is 0 Å². The average Bonchev–Trinajstić information content (AvgIpc) is 2.35. The molecule has 0 aliphatic heterocycles. The molecule has 2 nitrogen and oxygen atoms in total. The molecule has 0 aliphatic rings. The van der Waals surface area contributed by atoms with Crippen molar-refractivity contribution in [1.82, 2.24) is 0 Å². The van der Waals surface area contributed by atoms with Gasteiger partial charge in [-0.2, -0.15) is 5.26 Å². The van der Waals surface area contributed by atoms with Crippen molar-refractivity contribution in [3.05, 3.63) is 0 Å². The second kappa shape index (κ2) is 11.6. The summed E-state index contributed by atoms with van der Waals surface area (Å²) in [5.41, 5.74) is 0. The van der Waals surface area contributed by atoms with E-state index in [4.69, 9.17) is 5.26 Å². The monoisotopic (exact) mass is 237 g/mol.